The fourth-order valence-electron chi connectivity index (χ4n) is 1.27. The van der Waals surface area contributed by atoms with Crippen LogP contribution in [0.2, 0.25) is 0 Å². The van der Waals surface area contributed by atoms with E-state index in [9.17, 15) is 9.18 Å². The molecule has 4 nitrogen and oxygen atoms in total. The van der Waals surface area contributed by atoms with Gasteiger partial charge >= 0.3 is 0 Å². The molecule has 1 heterocycles. The van der Waals surface area contributed by atoms with Gasteiger partial charge in [0.15, 0.2) is 5.75 Å². The first kappa shape index (κ1) is 12.5. The minimum absolute atomic E-state index is 0.0931. The molecule has 2 aromatic rings. The molecule has 2 rings (SSSR count). The lowest BCUT2D eigenvalue weighted by atomic mass is 10.3. The van der Waals surface area contributed by atoms with Crippen LogP contribution in [0, 0.1) is 5.82 Å². The van der Waals surface area contributed by atoms with Gasteiger partial charge in [0.25, 0.3) is 0 Å². The molecule has 0 amide bonds. The summed E-state index contributed by atoms with van der Waals surface area (Å²) >= 11 is 1.30. The maximum atomic E-state index is 13.2. The van der Waals surface area contributed by atoms with Gasteiger partial charge in [-0.1, -0.05) is 0 Å². The number of hydrogen-bond donors (Lipinski definition) is 2. The lowest BCUT2D eigenvalue weighted by molar-refractivity contribution is 0.419. The number of anilines is 1. The highest BCUT2D eigenvalue weighted by atomic mass is 32.2. The van der Waals surface area contributed by atoms with Crippen molar-refractivity contribution in [2.75, 3.05) is 5.73 Å². The molecule has 0 radical (unpaired) electrons. The van der Waals surface area contributed by atoms with Crippen LogP contribution in [-0.2, 0) is 5.75 Å². The Hall–Kier alpha value is -1.95. The Kier molecular flexibility index (Phi) is 3.57. The Balaban J connectivity index is 2.09. The highest BCUT2D eigenvalue weighted by Gasteiger charge is 2.04. The van der Waals surface area contributed by atoms with E-state index in [2.05, 4.69) is 0 Å². The normalized spacial score (nSPS) is 10.5. The minimum atomic E-state index is -0.500. The van der Waals surface area contributed by atoms with E-state index in [1.165, 1.54) is 30.0 Å². The van der Waals surface area contributed by atoms with Crippen molar-refractivity contribution in [3.8, 4) is 5.75 Å². The minimum Gasteiger partial charge on any atom is -0.502 e. The van der Waals surface area contributed by atoms with Crippen LogP contribution in [0.1, 0.15) is 5.76 Å². The molecule has 0 aliphatic heterocycles. The Morgan fingerprint density at radius 3 is 2.83 bits per heavy atom. The average molecular weight is 267 g/mol. The predicted molar refractivity (Wildman–Crippen MR) is 67.0 cm³/mol. The summed E-state index contributed by atoms with van der Waals surface area (Å²) in [6.07, 6.45) is 0.988. The van der Waals surface area contributed by atoms with Gasteiger partial charge in [-0.3, -0.25) is 4.79 Å². The smallest absolute Gasteiger partial charge is 0.226 e. The lowest BCUT2D eigenvalue weighted by Crippen LogP contribution is -1.99. The summed E-state index contributed by atoms with van der Waals surface area (Å²) in [5, 5.41) is 9.02. The van der Waals surface area contributed by atoms with Crippen LogP contribution in [0.15, 0.2) is 44.6 Å². The maximum Gasteiger partial charge on any atom is 0.226 e. The van der Waals surface area contributed by atoms with E-state index in [1.54, 1.807) is 6.07 Å². The first-order valence-electron chi connectivity index (χ1n) is 5.05. The quantitative estimate of drug-likeness (QED) is 0.659. The Bertz CT molecular complexity index is 627. The fourth-order valence-corrected chi connectivity index (χ4v) is 2.08. The van der Waals surface area contributed by atoms with E-state index in [-0.39, 0.29) is 5.69 Å². The second kappa shape index (κ2) is 5.14. The fraction of sp³-hybridized carbons (Fsp3) is 0.0833. The van der Waals surface area contributed by atoms with Gasteiger partial charge in [0.2, 0.25) is 5.43 Å². The zero-order chi connectivity index (χ0) is 13.1. The Morgan fingerprint density at radius 2 is 2.17 bits per heavy atom. The van der Waals surface area contributed by atoms with Crippen LogP contribution in [-0.4, -0.2) is 5.11 Å². The van der Waals surface area contributed by atoms with Gasteiger partial charge in [-0.25, -0.2) is 4.39 Å². The van der Waals surface area contributed by atoms with Gasteiger partial charge in [0.1, 0.15) is 17.8 Å². The monoisotopic (exact) mass is 267 g/mol. The summed E-state index contributed by atoms with van der Waals surface area (Å²) in [5.41, 5.74) is 4.95. The zero-order valence-corrected chi connectivity index (χ0v) is 10.0. The number of halogens is 1. The molecule has 0 aliphatic carbocycles. The van der Waals surface area contributed by atoms with Crippen molar-refractivity contribution in [2.45, 2.75) is 10.6 Å². The van der Waals surface area contributed by atoms with Crippen LogP contribution >= 0.6 is 11.8 Å². The van der Waals surface area contributed by atoms with Crippen molar-refractivity contribution in [1.82, 2.24) is 0 Å². The number of rotatable bonds is 3. The molecule has 94 valence electrons. The van der Waals surface area contributed by atoms with E-state index < -0.39 is 17.0 Å². The van der Waals surface area contributed by atoms with Gasteiger partial charge in [-0.05, 0) is 18.2 Å². The molecule has 0 atom stereocenters. The summed E-state index contributed by atoms with van der Waals surface area (Å²) in [7, 11) is 0. The molecule has 0 aliphatic rings. The van der Waals surface area contributed by atoms with Crippen LogP contribution < -0.4 is 11.2 Å². The molecule has 0 unspecified atom stereocenters. The van der Waals surface area contributed by atoms with E-state index >= 15 is 0 Å². The van der Waals surface area contributed by atoms with Crippen molar-refractivity contribution in [3.05, 3.63) is 52.3 Å². The molecule has 1 aromatic carbocycles. The molecule has 18 heavy (non-hydrogen) atoms. The summed E-state index contributed by atoms with van der Waals surface area (Å²) in [6, 6.07) is 5.68. The number of aromatic hydroxyl groups is 1. The van der Waals surface area contributed by atoms with Crippen molar-refractivity contribution in [2.24, 2.45) is 0 Å². The molecule has 6 heteroatoms. The van der Waals surface area contributed by atoms with Crippen molar-refractivity contribution in [3.63, 3.8) is 0 Å². The standard InChI is InChI=1S/C12H10FNO3S/c13-9-4-8(1-2-10(9)14)18-6-7-3-11(15)12(16)5-17-7/h1-5,16H,6,14H2. The SMILES string of the molecule is Nc1ccc(SCc2cc(=O)c(O)co2)cc1F. The number of hydrogen-bond acceptors (Lipinski definition) is 5. The Labute approximate surface area is 106 Å². The van der Waals surface area contributed by atoms with Crippen LogP contribution in [0.4, 0.5) is 10.1 Å². The van der Waals surface area contributed by atoms with Gasteiger partial charge in [-0.2, -0.15) is 0 Å². The van der Waals surface area contributed by atoms with E-state index in [1.807, 2.05) is 0 Å². The number of nitrogens with two attached hydrogens (primary N) is 1. The molecule has 0 bridgehead atoms. The van der Waals surface area contributed by atoms with E-state index in [0.29, 0.717) is 16.4 Å². The molecule has 1 aromatic heterocycles. The summed E-state index contributed by atoms with van der Waals surface area (Å²) in [5.74, 6) is -0.145. The molecular formula is C12H10FNO3S. The largest absolute Gasteiger partial charge is 0.502 e. The molecule has 0 saturated carbocycles. The second-order valence-corrected chi connectivity index (χ2v) is 4.62. The maximum absolute atomic E-state index is 13.2. The van der Waals surface area contributed by atoms with Gasteiger partial charge in [0, 0.05) is 11.0 Å². The first-order chi connectivity index (χ1) is 8.56. The van der Waals surface area contributed by atoms with Gasteiger partial charge in [-0.15, -0.1) is 11.8 Å². The van der Waals surface area contributed by atoms with Crippen molar-refractivity contribution in [1.29, 1.82) is 0 Å². The highest BCUT2D eigenvalue weighted by molar-refractivity contribution is 7.98. The molecule has 0 fully saturated rings. The summed E-state index contributed by atoms with van der Waals surface area (Å²) in [6.45, 7) is 0. The number of thioether (sulfide) groups is 1. The lowest BCUT2D eigenvalue weighted by Gasteiger charge is -2.03. The molecule has 3 N–H and O–H groups in total. The Morgan fingerprint density at radius 1 is 1.39 bits per heavy atom. The van der Waals surface area contributed by atoms with E-state index in [4.69, 9.17) is 15.3 Å². The first-order valence-corrected chi connectivity index (χ1v) is 6.03. The van der Waals surface area contributed by atoms with E-state index in [0.717, 1.165) is 6.26 Å². The topological polar surface area (TPSA) is 76.5 Å². The predicted octanol–water partition coefficient (Wildman–Crippen LogP) is 2.36. The molecular weight excluding hydrogens is 257 g/mol. The van der Waals surface area contributed by atoms with Gasteiger partial charge < -0.3 is 15.3 Å². The van der Waals surface area contributed by atoms with Crippen molar-refractivity contribution < 1.29 is 13.9 Å². The average Bonchev–Trinajstić information content (AvgIpc) is 2.35. The number of benzene rings is 1. The third-order valence-corrected chi connectivity index (χ3v) is 3.24. The van der Waals surface area contributed by atoms with Crippen LogP contribution in [0.25, 0.3) is 0 Å². The van der Waals surface area contributed by atoms with Crippen molar-refractivity contribution >= 4 is 17.4 Å². The summed E-state index contributed by atoms with van der Waals surface area (Å²) < 4.78 is 18.2. The summed E-state index contributed by atoms with van der Waals surface area (Å²) in [4.78, 5) is 11.8. The van der Waals surface area contributed by atoms with Crippen LogP contribution in [0.5, 0.6) is 5.75 Å². The highest BCUT2D eigenvalue weighted by Crippen LogP contribution is 2.25. The third kappa shape index (κ3) is 2.84. The zero-order valence-electron chi connectivity index (χ0n) is 9.22. The molecule has 0 spiro atoms. The third-order valence-electron chi connectivity index (χ3n) is 2.22. The molecule has 0 saturated heterocycles. The number of nitrogen functional groups attached to an aromatic ring is 1. The van der Waals surface area contributed by atoms with Gasteiger partial charge in [0.05, 0.1) is 11.4 Å². The van der Waals surface area contributed by atoms with Crippen LogP contribution in [0.3, 0.4) is 0 Å². The second-order valence-electron chi connectivity index (χ2n) is 3.57.